The van der Waals surface area contributed by atoms with Crippen molar-refractivity contribution < 1.29 is 0 Å². The van der Waals surface area contributed by atoms with E-state index in [-0.39, 0.29) is 11.5 Å². The molecule has 0 bridgehead atoms. The van der Waals surface area contributed by atoms with Gasteiger partial charge < -0.3 is 10.7 Å². The van der Waals surface area contributed by atoms with E-state index in [1.807, 2.05) is 6.07 Å². The van der Waals surface area contributed by atoms with Crippen molar-refractivity contribution in [1.29, 1.82) is 0 Å². The molecule has 5 heteroatoms. The average Bonchev–Trinajstić information content (AvgIpc) is 2.26. The Morgan fingerprint density at radius 3 is 2.41 bits per heavy atom. The van der Waals surface area contributed by atoms with Crippen LogP contribution in [-0.4, -0.2) is 15.5 Å². The predicted octanol–water partition coefficient (Wildman–Crippen LogP) is 2.24. The minimum atomic E-state index is 0.189. The Balaban J connectivity index is 2.23. The molecule has 1 saturated carbocycles. The van der Waals surface area contributed by atoms with Gasteiger partial charge in [0.05, 0.1) is 0 Å². The second-order valence-corrected chi connectivity index (χ2v) is 5.33. The normalized spacial score (nSPS) is 17.7. The van der Waals surface area contributed by atoms with Crippen LogP contribution in [-0.2, 0) is 0 Å². The van der Waals surface area contributed by atoms with Crippen LogP contribution in [0.1, 0.15) is 51.8 Å². The minimum absolute atomic E-state index is 0.189. The van der Waals surface area contributed by atoms with Crippen LogP contribution in [0.2, 0.25) is 0 Å². The van der Waals surface area contributed by atoms with Crippen molar-refractivity contribution in [2.24, 2.45) is 5.84 Å². The number of hydrogen-bond donors (Lipinski definition) is 3. The zero-order valence-corrected chi connectivity index (χ0v) is 10.7. The molecule has 1 heterocycles. The maximum absolute atomic E-state index is 5.43. The van der Waals surface area contributed by atoms with Gasteiger partial charge in [0.15, 0.2) is 0 Å². The van der Waals surface area contributed by atoms with Gasteiger partial charge in [-0.3, -0.25) is 0 Å². The number of hydrogen-bond acceptors (Lipinski definition) is 5. The summed E-state index contributed by atoms with van der Waals surface area (Å²) < 4.78 is 0. The molecule has 0 spiro atoms. The number of aromatic nitrogens is 2. The molecule has 0 unspecified atom stereocenters. The van der Waals surface area contributed by atoms with Crippen LogP contribution < -0.4 is 16.6 Å². The highest BCUT2D eigenvalue weighted by Crippen LogP contribution is 2.34. The lowest BCUT2D eigenvalue weighted by Crippen LogP contribution is -2.42. The van der Waals surface area contributed by atoms with Gasteiger partial charge in [-0.05, 0) is 26.2 Å². The summed E-state index contributed by atoms with van der Waals surface area (Å²) >= 11 is 0. The summed E-state index contributed by atoms with van der Waals surface area (Å²) in [6.07, 6.45) is 3.67. The second kappa shape index (κ2) is 4.49. The zero-order valence-electron chi connectivity index (χ0n) is 10.7. The molecule has 1 fully saturated rings. The monoisotopic (exact) mass is 235 g/mol. The molecule has 2 rings (SSSR count). The van der Waals surface area contributed by atoms with E-state index in [1.165, 1.54) is 19.3 Å². The van der Waals surface area contributed by atoms with Crippen molar-refractivity contribution in [1.82, 2.24) is 9.97 Å². The predicted molar refractivity (Wildman–Crippen MR) is 69.8 cm³/mol. The highest BCUT2D eigenvalue weighted by molar-refractivity contribution is 5.49. The fourth-order valence-electron chi connectivity index (χ4n) is 2.00. The summed E-state index contributed by atoms with van der Waals surface area (Å²) in [5, 5.41) is 3.48. The van der Waals surface area contributed by atoms with E-state index < -0.39 is 0 Å². The first-order valence-electron chi connectivity index (χ1n) is 6.16. The average molecular weight is 235 g/mol. The van der Waals surface area contributed by atoms with Crippen molar-refractivity contribution in [3.05, 3.63) is 11.9 Å². The molecular formula is C12H21N5. The van der Waals surface area contributed by atoms with Crippen molar-refractivity contribution in [2.75, 3.05) is 10.7 Å². The largest absolute Gasteiger partial charge is 0.365 e. The van der Waals surface area contributed by atoms with E-state index in [9.17, 15) is 0 Å². The van der Waals surface area contributed by atoms with Crippen LogP contribution in [0.5, 0.6) is 0 Å². The standard InChI is InChI=1S/C12H21N5/c1-8(2)11-14-9(7-10(15-11)17-13)16-12(3)5-4-6-12/h7-8H,4-6,13H2,1-3H3,(H2,14,15,16,17). The molecule has 1 aliphatic carbocycles. The number of nitrogen functional groups attached to an aromatic ring is 1. The third-order valence-corrected chi connectivity index (χ3v) is 3.29. The fourth-order valence-corrected chi connectivity index (χ4v) is 2.00. The van der Waals surface area contributed by atoms with Gasteiger partial charge in [-0.1, -0.05) is 13.8 Å². The number of hydrazine groups is 1. The molecule has 0 aliphatic heterocycles. The van der Waals surface area contributed by atoms with Gasteiger partial charge in [0.1, 0.15) is 17.5 Å². The van der Waals surface area contributed by atoms with Gasteiger partial charge in [0, 0.05) is 17.5 Å². The van der Waals surface area contributed by atoms with Gasteiger partial charge in [-0.2, -0.15) is 0 Å². The van der Waals surface area contributed by atoms with Crippen LogP contribution >= 0.6 is 0 Å². The number of nitrogens with one attached hydrogen (secondary N) is 2. The third kappa shape index (κ3) is 2.66. The quantitative estimate of drug-likeness (QED) is 0.551. The van der Waals surface area contributed by atoms with Gasteiger partial charge in [-0.25, -0.2) is 15.8 Å². The van der Waals surface area contributed by atoms with E-state index in [4.69, 9.17) is 5.84 Å². The molecule has 1 aromatic rings. The second-order valence-electron chi connectivity index (χ2n) is 5.33. The van der Waals surface area contributed by atoms with Gasteiger partial charge in [0.25, 0.3) is 0 Å². The summed E-state index contributed by atoms with van der Waals surface area (Å²) in [4.78, 5) is 8.87. The lowest BCUT2D eigenvalue weighted by Gasteiger charge is -2.39. The summed E-state index contributed by atoms with van der Waals surface area (Å²) in [5.41, 5.74) is 2.78. The first kappa shape index (κ1) is 12.1. The van der Waals surface area contributed by atoms with E-state index >= 15 is 0 Å². The Bertz CT molecular complexity index is 398. The maximum atomic E-state index is 5.43. The van der Waals surface area contributed by atoms with Crippen molar-refractivity contribution in [3.63, 3.8) is 0 Å². The SMILES string of the molecule is CC(C)c1nc(NN)cc(NC2(C)CCC2)n1. The molecule has 94 valence electrons. The highest BCUT2D eigenvalue weighted by atomic mass is 15.3. The summed E-state index contributed by atoms with van der Waals surface area (Å²) in [7, 11) is 0. The number of anilines is 2. The van der Waals surface area contributed by atoms with Crippen molar-refractivity contribution in [3.8, 4) is 0 Å². The van der Waals surface area contributed by atoms with Crippen molar-refractivity contribution in [2.45, 2.75) is 51.5 Å². The molecular weight excluding hydrogens is 214 g/mol. The molecule has 1 aromatic heterocycles. The van der Waals surface area contributed by atoms with E-state index in [1.54, 1.807) is 0 Å². The lowest BCUT2D eigenvalue weighted by atomic mass is 9.78. The van der Waals surface area contributed by atoms with Crippen LogP contribution in [0, 0.1) is 0 Å². The Morgan fingerprint density at radius 1 is 1.29 bits per heavy atom. The van der Waals surface area contributed by atoms with Crippen LogP contribution in [0.4, 0.5) is 11.6 Å². The molecule has 0 amide bonds. The smallest absolute Gasteiger partial charge is 0.145 e. The molecule has 0 aromatic carbocycles. The molecule has 0 radical (unpaired) electrons. The highest BCUT2D eigenvalue weighted by Gasteiger charge is 2.32. The molecule has 1 aliphatic rings. The first-order chi connectivity index (χ1) is 8.02. The molecule has 5 nitrogen and oxygen atoms in total. The summed E-state index contributed by atoms with van der Waals surface area (Å²) in [6.45, 7) is 6.37. The summed E-state index contributed by atoms with van der Waals surface area (Å²) in [6, 6.07) is 1.86. The van der Waals surface area contributed by atoms with Crippen LogP contribution in [0.3, 0.4) is 0 Å². The third-order valence-electron chi connectivity index (χ3n) is 3.29. The fraction of sp³-hybridized carbons (Fsp3) is 0.667. The molecule has 0 saturated heterocycles. The van der Waals surface area contributed by atoms with Gasteiger partial charge in [-0.15, -0.1) is 0 Å². The Hall–Kier alpha value is -1.36. The maximum Gasteiger partial charge on any atom is 0.145 e. The number of nitrogens with two attached hydrogens (primary N) is 1. The van der Waals surface area contributed by atoms with Gasteiger partial charge >= 0.3 is 0 Å². The number of nitrogens with zero attached hydrogens (tertiary/aromatic N) is 2. The molecule has 17 heavy (non-hydrogen) atoms. The van der Waals surface area contributed by atoms with Crippen LogP contribution in [0.25, 0.3) is 0 Å². The topological polar surface area (TPSA) is 75.9 Å². The Kier molecular flexibility index (Phi) is 3.19. The first-order valence-corrected chi connectivity index (χ1v) is 6.16. The Labute approximate surface area is 102 Å². The van der Waals surface area contributed by atoms with E-state index in [2.05, 4.69) is 41.5 Å². The molecule has 4 N–H and O–H groups in total. The van der Waals surface area contributed by atoms with Crippen LogP contribution in [0.15, 0.2) is 6.07 Å². The summed E-state index contributed by atoms with van der Waals surface area (Å²) in [5.74, 6) is 8.05. The lowest BCUT2D eigenvalue weighted by molar-refractivity contribution is 0.305. The van der Waals surface area contributed by atoms with Crippen molar-refractivity contribution >= 4 is 11.6 Å². The van der Waals surface area contributed by atoms with Gasteiger partial charge in [0.2, 0.25) is 0 Å². The Morgan fingerprint density at radius 2 is 1.94 bits per heavy atom. The number of rotatable bonds is 4. The minimum Gasteiger partial charge on any atom is -0.365 e. The van der Waals surface area contributed by atoms with E-state index in [0.717, 1.165) is 11.6 Å². The molecule has 0 atom stereocenters. The van der Waals surface area contributed by atoms with E-state index in [0.29, 0.717) is 5.82 Å². The zero-order chi connectivity index (χ0) is 12.5.